The lowest BCUT2D eigenvalue weighted by atomic mass is 9.94. The van der Waals surface area contributed by atoms with Crippen molar-refractivity contribution in [1.29, 1.82) is 0 Å². The highest BCUT2D eigenvalue weighted by atomic mass is 16.5. The molecule has 116 valence electrons. The molecule has 0 aromatic heterocycles. The van der Waals surface area contributed by atoms with Crippen LogP contribution in [0.4, 0.5) is 0 Å². The van der Waals surface area contributed by atoms with Crippen LogP contribution in [-0.4, -0.2) is 41.9 Å². The number of nitrogens with two attached hydrogens (primary N) is 1. The van der Waals surface area contributed by atoms with Crippen molar-refractivity contribution in [2.24, 2.45) is 11.7 Å². The second-order valence-electron chi connectivity index (χ2n) is 5.76. The Labute approximate surface area is 128 Å². The lowest BCUT2D eigenvalue weighted by Crippen LogP contribution is -2.48. The van der Waals surface area contributed by atoms with Crippen LogP contribution in [0, 0.1) is 5.92 Å². The fraction of sp³-hybridized carbons (Fsp3) is 0.438. The minimum atomic E-state index is -0.771. The van der Waals surface area contributed by atoms with Gasteiger partial charge in [-0.05, 0) is 24.5 Å². The quantitative estimate of drug-likeness (QED) is 0.805. The Morgan fingerprint density at radius 3 is 2.55 bits per heavy atom. The summed E-state index contributed by atoms with van der Waals surface area (Å²) in [5, 5.41) is 0. The molecule has 2 N–H and O–H groups in total. The van der Waals surface area contributed by atoms with E-state index in [0.29, 0.717) is 37.9 Å². The second-order valence-corrected chi connectivity index (χ2v) is 5.76. The summed E-state index contributed by atoms with van der Waals surface area (Å²) < 4.78 is 5.28. The summed E-state index contributed by atoms with van der Waals surface area (Å²) >= 11 is 0. The molecule has 2 heterocycles. The van der Waals surface area contributed by atoms with Crippen LogP contribution in [0.3, 0.4) is 0 Å². The third kappa shape index (κ3) is 2.68. The molecule has 0 aliphatic carbocycles. The predicted octanol–water partition coefficient (Wildman–Crippen LogP) is 0.492. The van der Waals surface area contributed by atoms with E-state index < -0.39 is 12.1 Å². The molecule has 2 amide bonds. The zero-order chi connectivity index (χ0) is 15.7. The van der Waals surface area contributed by atoms with Crippen molar-refractivity contribution in [3.63, 3.8) is 0 Å². The van der Waals surface area contributed by atoms with Crippen molar-refractivity contribution in [3.8, 4) is 0 Å². The highest BCUT2D eigenvalue weighted by Crippen LogP contribution is 2.24. The summed E-state index contributed by atoms with van der Waals surface area (Å²) in [7, 11) is 0. The number of hydrogen-bond acceptors (Lipinski definition) is 4. The first-order valence-corrected chi connectivity index (χ1v) is 7.43. The topological polar surface area (TPSA) is 89.7 Å². The molecule has 1 aromatic rings. The fourth-order valence-corrected chi connectivity index (χ4v) is 3.06. The summed E-state index contributed by atoms with van der Waals surface area (Å²) in [4.78, 5) is 37.3. The first kappa shape index (κ1) is 14.6. The highest BCUT2D eigenvalue weighted by molar-refractivity contribution is 5.95. The zero-order valence-corrected chi connectivity index (χ0v) is 12.2. The number of nitrogens with zero attached hydrogens (tertiary/aromatic N) is 1. The summed E-state index contributed by atoms with van der Waals surface area (Å²) in [6, 6.07) is 7.17. The maximum atomic E-state index is 12.5. The number of primary amides is 1. The van der Waals surface area contributed by atoms with Crippen LogP contribution in [0.5, 0.6) is 0 Å². The lowest BCUT2D eigenvalue weighted by molar-refractivity contribution is -0.143. The monoisotopic (exact) mass is 302 g/mol. The van der Waals surface area contributed by atoms with Crippen LogP contribution < -0.4 is 5.73 Å². The standard InChI is InChI=1S/C16H18N2O4/c17-14(19)10-5-7-18(8-6-10)15(20)13-9-11-3-1-2-4-12(11)16(21)22-13/h1-4,10,13H,5-9H2,(H2,17,19)/t13-/m1/s1. The number of ether oxygens (including phenoxy) is 1. The SMILES string of the molecule is NC(=O)C1CCN(C(=O)[C@H]2Cc3ccccc3C(=O)O2)CC1. The number of rotatable bonds is 2. The van der Waals surface area contributed by atoms with Crippen LogP contribution >= 0.6 is 0 Å². The van der Waals surface area contributed by atoms with Gasteiger partial charge in [0, 0.05) is 25.4 Å². The van der Waals surface area contributed by atoms with E-state index in [1.807, 2.05) is 12.1 Å². The molecule has 6 heteroatoms. The molecule has 0 bridgehead atoms. The van der Waals surface area contributed by atoms with Crippen LogP contribution in [-0.2, 0) is 20.7 Å². The van der Waals surface area contributed by atoms with Crippen molar-refractivity contribution < 1.29 is 19.1 Å². The largest absolute Gasteiger partial charge is 0.448 e. The Morgan fingerprint density at radius 1 is 1.18 bits per heavy atom. The van der Waals surface area contributed by atoms with E-state index in [2.05, 4.69) is 0 Å². The molecule has 6 nitrogen and oxygen atoms in total. The van der Waals surface area contributed by atoms with Crippen molar-refractivity contribution in [2.45, 2.75) is 25.4 Å². The normalized spacial score (nSPS) is 21.9. The van der Waals surface area contributed by atoms with Gasteiger partial charge in [0.1, 0.15) is 0 Å². The molecule has 0 spiro atoms. The van der Waals surface area contributed by atoms with E-state index in [4.69, 9.17) is 10.5 Å². The van der Waals surface area contributed by atoms with E-state index in [1.54, 1.807) is 17.0 Å². The number of fused-ring (bicyclic) bond motifs is 1. The van der Waals surface area contributed by atoms with Gasteiger partial charge < -0.3 is 15.4 Å². The van der Waals surface area contributed by atoms with E-state index >= 15 is 0 Å². The Bertz CT molecular complexity index is 620. The van der Waals surface area contributed by atoms with E-state index in [1.165, 1.54) is 0 Å². The number of piperidine rings is 1. The zero-order valence-electron chi connectivity index (χ0n) is 12.2. The van der Waals surface area contributed by atoms with Gasteiger partial charge in [0.2, 0.25) is 5.91 Å². The van der Waals surface area contributed by atoms with E-state index in [-0.39, 0.29) is 17.7 Å². The molecule has 0 unspecified atom stereocenters. The Balaban J connectivity index is 1.67. The summed E-state index contributed by atoms with van der Waals surface area (Å²) in [5.41, 5.74) is 6.66. The smallest absolute Gasteiger partial charge is 0.339 e. The van der Waals surface area contributed by atoms with E-state index in [9.17, 15) is 14.4 Å². The minimum Gasteiger partial charge on any atom is -0.448 e. The molecular weight excluding hydrogens is 284 g/mol. The number of esters is 1. The molecular formula is C16H18N2O4. The van der Waals surface area contributed by atoms with Gasteiger partial charge in [-0.2, -0.15) is 0 Å². The Morgan fingerprint density at radius 2 is 1.86 bits per heavy atom. The molecule has 1 saturated heterocycles. The third-order valence-corrected chi connectivity index (χ3v) is 4.38. The Kier molecular flexibility index (Phi) is 3.83. The maximum absolute atomic E-state index is 12.5. The molecule has 1 fully saturated rings. The van der Waals surface area contributed by atoms with Gasteiger partial charge in [-0.25, -0.2) is 4.79 Å². The third-order valence-electron chi connectivity index (χ3n) is 4.38. The number of carbonyl (C=O) groups excluding carboxylic acids is 3. The van der Waals surface area contributed by atoms with Gasteiger partial charge in [-0.3, -0.25) is 9.59 Å². The maximum Gasteiger partial charge on any atom is 0.339 e. The van der Waals surface area contributed by atoms with Gasteiger partial charge >= 0.3 is 5.97 Å². The van der Waals surface area contributed by atoms with Crippen LogP contribution in [0.15, 0.2) is 24.3 Å². The van der Waals surface area contributed by atoms with Gasteiger partial charge in [-0.1, -0.05) is 18.2 Å². The van der Waals surface area contributed by atoms with Crippen LogP contribution in [0.2, 0.25) is 0 Å². The van der Waals surface area contributed by atoms with Crippen molar-refractivity contribution >= 4 is 17.8 Å². The molecule has 2 aliphatic rings. The number of benzene rings is 1. The van der Waals surface area contributed by atoms with Gasteiger partial charge in [-0.15, -0.1) is 0 Å². The average Bonchev–Trinajstić information content (AvgIpc) is 2.54. The Hall–Kier alpha value is -2.37. The molecule has 0 saturated carbocycles. The van der Waals surface area contributed by atoms with Crippen LogP contribution in [0.1, 0.15) is 28.8 Å². The van der Waals surface area contributed by atoms with E-state index in [0.717, 1.165) is 5.56 Å². The molecule has 3 rings (SSSR count). The molecule has 1 atom stereocenters. The number of carbonyl (C=O) groups is 3. The number of likely N-dealkylation sites (tertiary alicyclic amines) is 1. The molecule has 22 heavy (non-hydrogen) atoms. The summed E-state index contributed by atoms with van der Waals surface area (Å²) in [5.74, 6) is -1.12. The predicted molar refractivity (Wildman–Crippen MR) is 77.8 cm³/mol. The fourth-order valence-electron chi connectivity index (χ4n) is 3.06. The summed E-state index contributed by atoms with van der Waals surface area (Å²) in [6.07, 6.45) is 0.764. The van der Waals surface area contributed by atoms with Crippen molar-refractivity contribution in [1.82, 2.24) is 4.90 Å². The van der Waals surface area contributed by atoms with Gasteiger partial charge in [0.05, 0.1) is 5.56 Å². The average molecular weight is 302 g/mol. The van der Waals surface area contributed by atoms with Gasteiger partial charge in [0.25, 0.3) is 5.91 Å². The lowest BCUT2D eigenvalue weighted by Gasteiger charge is -2.34. The minimum absolute atomic E-state index is 0.168. The molecule has 0 radical (unpaired) electrons. The summed E-state index contributed by atoms with van der Waals surface area (Å²) in [6.45, 7) is 0.949. The number of amides is 2. The van der Waals surface area contributed by atoms with Crippen molar-refractivity contribution in [3.05, 3.63) is 35.4 Å². The second kappa shape index (κ2) is 5.79. The first-order valence-electron chi connectivity index (χ1n) is 7.43. The highest BCUT2D eigenvalue weighted by Gasteiger charge is 2.35. The molecule has 1 aromatic carbocycles. The number of hydrogen-bond donors (Lipinski definition) is 1. The van der Waals surface area contributed by atoms with Gasteiger partial charge in [0.15, 0.2) is 6.10 Å². The molecule has 2 aliphatic heterocycles. The number of cyclic esters (lactones) is 1. The van der Waals surface area contributed by atoms with Crippen LogP contribution in [0.25, 0.3) is 0 Å². The first-order chi connectivity index (χ1) is 10.6. The van der Waals surface area contributed by atoms with Crippen molar-refractivity contribution in [2.75, 3.05) is 13.1 Å².